The van der Waals surface area contributed by atoms with Crippen LogP contribution in [0.15, 0.2) is 0 Å². The number of aliphatic hydroxyl groups is 1. The third-order valence-electron chi connectivity index (χ3n) is 2.67. The van der Waals surface area contributed by atoms with Gasteiger partial charge in [-0.3, -0.25) is 0 Å². The number of nitrogens with one attached hydrogen (secondary N) is 1. The molecule has 1 saturated heterocycles. The average Bonchev–Trinajstić information content (AvgIpc) is 2.24. The molecule has 3 N–H and O–H groups in total. The maximum Gasteiger partial charge on any atom is 0.328 e. The van der Waals surface area contributed by atoms with E-state index in [0.29, 0.717) is 19.8 Å². The number of aliphatic carboxylic acids is 1. The first-order valence-corrected chi connectivity index (χ1v) is 5.38. The number of carbonyl (C=O) groups is 2. The number of carboxylic acids is 1. The summed E-state index contributed by atoms with van der Waals surface area (Å²) in [7, 11) is 0. The molecular formula is C10H18N2O5. The SMILES string of the molecule is CC1(C)COCCN1C(=O)N[C@H](CO)C(=O)O. The van der Waals surface area contributed by atoms with Gasteiger partial charge in [0.1, 0.15) is 0 Å². The summed E-state index contributed by atoms with van der Waals surface area (Å²) in [5.74, 6) is -1.26. The molecule has 1 rings (SSSR count). The highest BCUT2D eigenvalue weighted by molar-refractivity contribution is 5.83. The zero-order chi connectivity index (χ0) is 13.1. The second kappa shape index (κ2) is 5.33. The number of nitrogens with zero attached hydrogens (tertiary/aromatic N) is 1. The molecule has 0 bridgehead atoms. The van der Waals surface area contributed by atoms with E-state index in [1.807, 2.05) is 13.8 Å². The van der Waals surface area contributed by atoms with Crippen LogP contribution in [0.2, 0.25) is 0 Å². The lowest BCUT2D eigenvalue weighted by Gasteiger charge is -2.42. The first kappa shape index (κ1) is 13.7. The van der Waals surface area contributed by atoms with Gasteiger partial charge in [0.2, 0.25) is 0 Å². The standard InChI is InChI=1S/C10H18N2O5/c1-10(2)6-17-4-3-12(10)9(16)11-7(5-13)8(14)15/h7,13H,3-6H2,1-2H3,(H,11,16)(H,14,15)/t7-/m1/s1. The maximum absolute atomic E-state index is 11.9. The molecule has 0 aromatic rings. The predicted octanol–water partition coefficient (Wildman–Crippen LogP) is -0.748. The lowest BCUT2D eigenvalue weighted by atomic mass is 10.0. The van der Waals surface area contributed by atoms with E-state index in [2.05, 4.69) is 5.32 Å². The van der Waals surface area contributed by atoms with Gasteiger partial charge in [-0.2, -0.15) is 0 Å². The molecule has 1 heterocycles. The maximum atomic E-state index is 11.9. The van der Waals surface area contributed by atoms with Gasteiger partial charge in [-0.25, -0.2) is 9.59 Å². The molecule has 0 spiro atoms. The van der Waals surface area contributed by atoms with E-state index in [-0.39, 0.29) is 0 Å². The van der Waals surface area contributed by atoms with Crippen molar-refractivity contribution < 1.29 is 24.5 Å². The topological polar surface area (TPSA) is 99.1 Å². The largest absolute Gasteiger partial charge is 0.480 e. The van der Waals surface area contributed by atoms with Crippen LogP contribution in [0.1, 0.15) is 13.8 Å². The molecule has 1 aliphatic rings. The van der Waals surface area contributed by atoms with E-state index in [1.54, 1.807) is 0 Å². The Hall–Kier alpha value is -1.34. The van der Waals surface area contributed by atoms with Gasteiger partial charge in [-0.1, -0.05) is 0 Å². The number of urea groups is 1. The second-order valence-corrected chi connectivity index (χ2v) is 4.54. The highest BCUT2D eigenvalue weighted by Crippen LogP contribution is 2.18. The van der Waals surface area contributed by atoms with Crippen LogP contribution in [0.25, 0.3) is 0 Å². The van der Waals surface area contributed by atoms with Crippen molar-refractivity contribution in [1.82, 2.24) is 10.2 Å². The Morgan fingerprint density at radius 2 is 2.18 bits per heavy atom. The second-order valence-electron chi connectivity index (χ2n) is 4.54. The highest BCUT2D eigenvalue weighted by atomic mass is 16.5. The quantitative estimate of drug-likeness (QED) is 0.608. The number of rotatable bonds is 3. The van der Waals surface area contributed by atoms with Crippen LogP contribution in [-0.2, 0) is 9.53 Å². The van der Waals surface area contributed by atoms with Crippen molar-refractivity contribution in [2.75, 3.05) is 26.4 Å². The number of hydrogen-bond acceptors (Lipinski definition) is 4. The normalized spacial score (nSPS) is 20.8. The van der Waals surface area contributed by atoms with E-state index in [4.69, 9.17) is 14.9 Å². The van der Waals surface area contributed by atoms with Crippen molar-refractivity contribution >= 4 is 12.0 Å². The molecule has 0 aliphatic carbocycles. The number of aliphatic hydroxyl groups excluding tert-OH is 1. The monoisotopic (exact) mass is 246 g/mol. The zero-order valence-electron chi connectivity index (χ0n) is 9.97. The first-order chi connectivity index (χ1) is 7.88. The Labute approximate surface area is 99.4 Å². The van der Waals surface area contributed by atoms with Crippen LogP contribution in [-0.4, -0.2) is 65.1 Å². The predicted molar refractivity (Wildman–Crippen MR) is 58.6 cm³/mol. The molecule has 7 nitrogen and oxygen atoms in total. The van der Waals surface area contributed by atoms with Gasteiger partial charge in [-0.05, 0) is 13.8 Å². The van der Waals surface area contributed by atoms with Gasteiger partial charge in [0.05, 0.1) is 25.4 Å². The van der Waals surface area contributed by atoms with Crippen molar-refractivity contribution in [2.24, 2.45) is 0 Å². The van der Waals surface area contributed by atoms with Crippen LogP contribution >= 0.6 is 0 Å². The van der Waals surface area contributed by atoms with Crippen LogP contribution in [0.5, 0.6) is 0 Å². The van der Waals surface area contributed by atoms with E-state index in [1.165, 1.54) is 4.90 Å². The molecular weight excluding hydrogens is 228 g/mol. The molecule has 7 heteroatoms. The Kier molecular flexibility index (Phi) is 4.30. The number of carboxylic acid groups (broad SMARTS) is 1. The molecule has 0 unspecified atom stereocenters. The molecule has 0 aromatic carbocycles. The summed E-state index contributed by atoms with van der Waals surface area (Å²) in [6, 6.07) is -1.78. The van der Waals surface area contributed by atoms with Gasteiger partial charge < -0.3 is 25.2 Å². The van der Waals surface area contributed by atoms with E-state index < -0.39 is 30.2 Å². The van der Waals surface area contributed by atoms with E-state index >= 15 is 0 Å². The summed E-state index contributed by atoms with van der Waals surface area (Å²) < 4.78 is 5.26. The number of carbonyl (C=O) groups excluding carboxylic acids is 1. The van der Waals surface area contributed by atoms with Crippen LogP contribution in [0.3, 0.4) is 0 Å². The number of hydrogen-bond donors (Lipinski definition) is 3. The molecule has 1 atom stereocenters. The summed E-state index contributed by atoms with van der Waals surface area (Å²) in [4.78, 5) is 24.1. The molecule has 98 valence electrons. The summed E-state index contributed by atoms with van der Waals surface area (Å²) in [5, 5.41) is 19.8. The summed E-state index contributed by atoms with van der Waals surface area (Å²) in [6.07, 6.45) is 0. The lowest BCUT2D eigenvalue weighted by molar-refractivity contribution is -0.140. The van der Waals surface area contributed by atoms with Gasteiger partial charge >= 0.3 is 12.0 Å². The van der Waals surface area contributed by atoms with Gasteiger partial charge in [0, 0.05) is 6.54 Å². The molecule has 17 heavy (non-hydrogen) atoms. The van der Waals surface area contributed by atoms with Gasteiger partial charge in [0.25, 0.3) is 0 Å². The van der Waals surface area contributed by atoms with Crippen molar-refractivity contribution in [3.63, 3.8) is 0 Å². The van der Waals surface area contributed by atoms with Crippen molar-refractivity contribution in [1.29, 1.82) is 0 Å². The fourth-order valence-electron chi connectivity index (χ4n) is 1.65. The molecule has 1 aliphatic heterocycles. The Bertz CT molecular complexity index is 305. The molecule has 2 amide bonds. The van der Waals surface area contributed by atoms with Gasteiger partial charge in [-0.15, -0.1) is 0 Å². The number of amides is 2. The fourth-order valence-corrected chi connectivity index (χ4v) is 1.65. The lowest BCUT2D eigenvalue weighted by Crippen LogP contribution is -2.60. The summed E-state index contributed by atoms with van der Waals surface area (Å²) >= 11 is 0. The third kappa shape index (κ3) is 3.31. The van der Waals surface area contributed by atoms with E-state index in [9.17, 15) is 9.59 Å². The van der Waals surface area contributed by atoms with Crippen molar-refractivity contribution in [3.05, 3.63) is 0 Å². The molecule has 0 radical (unpaired) electrons. The highest BCUT2D eigenvalue weighted by Gasteiger charge is 2.35. The van der Waals surface area contributed by atoms with Gasteiger partial charge in [0.15, 0.2) is 6.04 Å². The minimum Gasteiger partial charge on any atom is -0.480 e. The Morgan fingerprint density at radius 1 is 1.53 bits per heavy atom. The smallest absolute Gasteiger partial charge is 0.328 e. The van der Waals surface area contributed by atoms with Crippen LogP contribution in [0, 0.1) is 0 Å². The number of morpholine rings is 1. The summed E-state index contributed by atoms with van der Waals surface area (Å²) in [6.45, 7) is 4.26. The van der Waals surface area contributed by atoms with Crippen molar-refractivity contribution in [3.8, 4) is 0 Å². The van der Waals surface area contributed by atoms with Crippen LogP contribution in [0.4, 0.5) is 4.79 Å². The van der Waals surface area contributed by atoms with E-state index in [0.717, 1.165) is 0 Å². The Morgan fingerprint density at radius 3 is 2.65 bits per heavy atom. The molecule has 1 fully saturated rings. The molecule has 0 aromatic heterocycles. The minimum atomic E-state index is -1.28. The van der Waals surface area contributed by atoms with Crippen molar-refractivity contribution in [2.45, 2.75) is 25.4 Å². The minimum absolute atomic E-state index is 0.399. The summed E-state index contributed by atoms with van der Waals surface area (Å²) in [5.41, 5.74) is -0.485. The first-order valence-electron chi connectivity index (χ1n) is 5.38. The average molecular weight is 246 g/mol. The molecule has 0 saturated carbocycles. The zero-order valence-corrected chi connectivity index (χ0v) is 9.97. The van der Waals surface area contributed by atoms with Crippen LogP contribution < -0.4 is 5.32 Å². The Balaban J connectivity index is 2.65. The number of ether oxygens (including phenoxy) is 1. The third-order valence-corrected chi connectivity index (χ3v) is 2.67. The fraction of sp³-hybridized carbons (Fsp3) is 0.800.